The summed E-state index contributed by atoms with van der Waals surface area (Å²) in [6, 6.07) is 17.4. The fraction of sp³-hybridized carbons (Fsp3) is 0.471. The van der Waals surface area contributed by atoms with Crippen molar-refractivity contribution in [3.8, 4) is 0 Å². The Balaban J connectivity index is 0.000000337. The molecule has 0 aliphatic carbocycles. The SMILES string of the molecule is CC(=O)[CH-]C(=O)c1ccccc1.CC(=O)[CH-]C(=O)c1ccccc1.CC1(C)OCC(C2OC3OC(C)(C)OC3C2[O-])O1.CC[O-].[Ti+4]. The minimum absolute atomic E-state index is 0. The van der Waals surface area contributed by atoms with Crippen LogP contribution in [0, 0.1) is 12.8 Å². The van der Waals surface area contributed by atoms with Gasteiger partial charge in [0, 0.05) is 11.6 Å². The number of hydrogen-bond acceptors (Lipinski definition) is 11. The summed E-state index contributed by atoms with van der Waals surface area (Å²) in [5.74, 6) is -2.32. The van der Waals surface area contributed by atoms with Crippen LogP contribution in [0.15, 0.2) is 60.7 Å². The van der Waals surface area contributed by atoms with Crippen molar-refractivity contribution in [3.63, 3.8) is 0 Å². The number of fused-ring (bicyclic) bond motifs is 1. The summed E-state index contributed by atoms with van der Waals surface area (Å²) < 4.78 is 27.9. The van der Waals surface area contributed by atoms with Gasteiger partial charge in [0.15, 0.2) is 17.9 Å². The molecule has 248 valence electrons. The normalized spacial score (nSPS) is 24.5. The molecule has 5 rings (SSSR count). The smallest absolute Gasteiger partial charge is 0.855 e. The topological polar surface area (TPSA) is 161 Å². The van der Waals surface area contributed by atoms with Crippen molar-refractivity contribution in [2.45, 2.75) is 90.7 Å². The number of Topliss-reactive ketones (excluding diaryl/α,β-unsaturated/α-hetero) is 4. The van der Waals surface area contributed by atoms with Gasteiger partial charge < -0.3 is 53.1 Å². The molecule has 5 unspecified atom stereocenters. The van der Waals surface area contributed by atoms with Crippen molar-refractivity contribution in [1.29, 1.82) is 0 Å². The molecular weight excluding hydrogens is 632 g/mol. The molecule has 3 saturated heterocycles. The van der Waals surface area contributed by atoms with Crippen LogP contribution in [0.4, 0.5) is 0 Å². The fourth-order valence-corrected chi connectivity index (χ4v) is 4.42. The molecule has 0 saturated carbocycles. The van der Waals surface area contributed by atoms with Gasteiger partial charge in [-0.25, -0.2) is 0 Å². The Labute approximate surface area is 285 Å². The Morgan fingerprint density at radius 2 is 1.20 bits per heavy atom. The van der Waals surface area contributed by atoms with Gasteiger partial charge in [-0.3, -0.25) is 0 Å². The van der Waals surface area contributed by atoms with Crippen molar-refractivity contribution in [3.05, 3.63) is 84.6 Å². The molecule has 3 aliphatic rings. The molecule has 0 radical (unpaired) electrons. The van der Waals surface area contributed by atoms with E-state index in [9.17, 15) is 24.3 Å². The zero-order chi connectivity index (χ0) is 33.8. The van der Waals surface area contributed by atoms with E-state index in [2.05, 4.69) is 0 Å². The molecule has 5 atom stereocenters. The van der Waals surface area contributed by atoms with Crippen LogP contribution in [-0.4, -0.2) is 78.6 Å². The maximum Gasteiger partial charge on any atom is 4.00 e. The third kappa shape index (κ3) is 13.6. The second kappa shape index (κ2) is 19.2. The van der Waals surface area contributed by atoms with E-state index in [4.69, 9.17) is 28.8 Å². The number of rotatable bonds is 7. The molecule has 0 aromatic heterocycles. The van der Waals surface area contributed by atoms with Crippen molar-refractivity contribution >= 4 is 23.1 Å². The Bertz CT molecular complexity index is 1190. The Kier molecular flexibility index (Phi) is 17.2. The Morgan fingerprint density at radius 3 is 1.54 bits per heavy atom. The number of carbonyl (C=O) groups is 4. The summed E-state index contributed by atoms with van der Waals surface area (Å²) in [4.78, 5) is 43.5. The second-order valence-corrected chi connectivity index (χ2v) is 11.2. The second-order valence-electron chi connectivity index (χ2n) is 11.2. The van der Waals surface area contributed by atoms with E-state index < -0.39 is 36.2 Å². The summed E-state index contributed by atoms with van der Waals surface area (Å²) >= 11 is 0. The van der Waals surface area contributed by atoms with Gasteiger partial charge in [-0.05, 0) is 41.5 Å². The molecule has 2 aromatic rings. The predicted molar refractivity (Wildman–Crippen MR) is 159 cm³/mol. The van der Waals surface area contributed by atoms with Crippen molar-refractivity contribution in [2.24, 2.45) is 0 Å². The first-order valence-electron chi connectivity index (χ1n) is 14.5. The first-order valence-corrected chi connectivity index (χ1v) is 14.5. The van der Waals surface area contributed by atoms with Gasteiger partial charge in [-0.15, -0.1) is 54.8 Å². The number of carbonyl (C=O) groups excluding carboxylic acids is 4. The molecule has 3 aliphatic heterocycles. The first kappa shape index (κ1) is 41.3. The molecule has 11 nitrogen and oxygen atoms in total. The average Bonchev–Trinajstić information content (AvgIpc) is 3.59. The van der Waals surface area contributed by atoms with Crippen LogP contribution in [0.2, 0.25) is 0 Å². The van der Waals surface area contributed by atoms with Crippen LogP contribution in [0.25, 0.3) is 0 Å². The number of ketones is 4. The molecule has 46 heavy (non-hydrogen) atoms. The summed E-state index contributed by atoms with van der Waals surface area (Å²) in [7, 11) is 0. The zero-order valence-electron chi connectivity index (χ0n) is 27.2. The van der Waals surface area contributed by atoms with Gasteiger partial charge in [-0.1, -0.05) is 49.4 Å². The average molecular weight is 675 g/mol. The molecule has 0 amide bonds. The maximum absolute atomic E-state index is 12.3. The molecule has 2 aromatic carbocycles. The van der Waals surface area contributed by atoms with Gasteiger partial charge in [0.1, 0.15) is 12.2 Å². The predicted octanol–water partition coefficient (Wildman–Crippen LogP) is 2.43. The summed E-state index contributed by atoms with van der Waals surface area (Å²) in [5.41, 5.74) is 1.10. The van der Waals surface area contributed by atoms with E-state index in [-0.39, 0.29) is 57.6 Å². The zero-order valence-corrected chi connectivity index (χ0v) is 28.8. The molecule has 3 fully saturated rings. The maximum atomic E-state index is 12.3. The van der Waals surface area contributed by atoms with Crippen LogP contribution < -0.4 is 10.2 Å². The summed E-state index contributed by atoms with van der Waals surface area (Å²) in [6.45, 7) is 11.8. The van der Waals surface area contributed by atoms with E-state index in [1.807, 2.05) is 26.0 Å². The molecule has 3 heterocycles. The minimum atomic E-state index is -1.01. The van der Waals surface area contributed by atoms with Crippen molar-refractivity contribution < 1.29 is 74.8 Å². The molecule has 0 bridgehead atoms. The monoisotopic (exact) mass is 674 g/mol. The number of hydrogen-bond donors (Lipinski definition) is 0. The third-order valence-corrected chi connectivity index (χ3v) is 6.21. The Hall–Kier alpha value is -2.71. The molecule has 0 N–H and O–H groups in total. The number of benzene rings is 2. The van der Waals surface area contributed by atoms with Gasteiger partial charge in [0.2, 0.25) is 0 Å². The summed E-state index contributed by atoms with van der Waals surface area (Å²) in [5, 5.41) is 21.2. The van der Waals surface area contributed by atoms with Crippen LogP contribution >= 0.6 is 0 Å². The van der Waals surface area contributed by atoms with E-state index in [0.29, 0.717) is 17.7 Å². The summed E-state index contributed by atoms with van der Waals surface area (Å²) in [6.07, 6.45) is -0.942. The van der Waals surface area contributed by atoms with Crippen LogP contribution in [0.3, 0.4) is 0 Å². The largest absolute Gasteiger partial charge is 4.00 e. The standard InChI is InChI=1S/C12H19O6.2C10H9O2.C2H5O.Ti/c1-11(2)14-5-6(16-11)8-7(13)9-10(15-8)18-12(3,4)17-9;2*1-8(11)7-10(12)9-5-3-2-4-6-9;1-2-3;/h6-10H,5H2,1-4H3;2*2-7H,1H3;2H2,1H3;/q4*-1;+4. The van der Waals surface area contributed by atoms with Crippen molar-refractivity contribution in [2.75, 3.05) is 13.2 Å². The fourth-order valence-electron chi connectivity index (χ4n) is 4.42. The van der Waals surface area contributed by atoms with Crippen LogP contribution in [-0.2, 0) is 55.0 Å². The van der Waals surface area contributed by atoms with Crippen LogP contribution in [0.5, 0.6) is 0 Å². The number of ether oxygens (including phenoxy) is 5. The van der Waals surface area contributed by atoms with Gasteiger partial charge in [-0.2, -0.15) is 0 Å². The van der Waals surface area contributed by atoms with E-state index in [1.54, 1.807) is 69.3 Å². The third-order valence-electron chi connectivity index (χ3n) is 6.21. The van der Waals surface area contributed by atoms with Crippen LogP contribution in [0.1, 0.15) is 69.2 Å². The van der Waals surface area contributed by atoms with E-state index in [1.165, 1.54) is 13.8 Å². The minimum Gasteiger partial charge on any atom is -0.855 e. The molecule has 0 spiro atoms. The molecular formula is C34H42O11Ti. The first-order chi connectivity index (χ1) is 21.1. The van der Waals surface area contributed by atoms with Gasteiger partial charge >= 0.3 is 21.7 Å². The van der Waals surface area contributed by atoms with E-state index in [0.717, 1.165) is 12.8 Å². The Morgan fingerprint density at radius 1 is 0.761 bits per heavy atom. The quantitative estimate of drug-likeness (QED) is 0.184. The van der Waals surface area contributed by atoms with Gasteiger partial charge in [0.05, 0.1) is 24.3 Å². The van der Waals surface area contributed by atoms with Crippen molar-refractivity contribution in [1.82, 2.24) is 0 Å². The van der Waals surface area contributed by atoms with E-state index >= 15 is 0 Å². The molecule has 12 heteroatoms. The van der Waals surface area contributed by atoms with Gasteiger partial charge in [0.25, 0.3) is 0 Å².